The number of hydrogen-bond acceptors (Lipinski definition) is 4. The van der Waals surface area contributed by atoms with Crippen molar-refractivity contribution in [3.63, 3.8) is 0 Å². The minimum Gasteiger partial charge on any atom is -0.360 e. The van der Waals surface area contributed by atoms with Gasteiger partial charge in [-0.05, 0) is 50.6 Å². The fraction of sp³-hybridized carbons (Fsp3) is 0.600. The molecule has 1 spiro atoms. The molecule has 3 heterocycles. The zero-order valence-corrected chi connectivity index (χ0v) is 17.9. The van der Waals surface area contributed by atoms with Crippen LogP contribution in [0.2, 0.25) is 0 Å². The molecule has 2 saturated heterocycles. The maximum atomic E-state index is 13.6. The highest BCUT2D eigenvalue weighted by molar-refractivity contribution is 5.87. The second-order valence-corrected chi connectivity index (χ2v) is 9.43. The number of likely N-dealkylation sites (tertiary alicyclic amines) is 2. The van der Waals surface area contributed by atoms with E-state index in [1.165, 1.54) is 37.7 Å². The number of carbonyl (C=O) groups excluding carboxylic acids is 1. The molecule has 5 nitrogen and oxygen atoms in total. The summed E-state index contributed by atoms with van der Waals surface area (Å²) in [5.41, 5.74) is 1.98. The smallest absolute Gasteiger partial charge is 0.243 e. The molecule has 2 aromatic rings. The van der Waals surface area contributed by atoms with Crippen molar-refractivity contribution in [2.45, 2.75) is 82.3 Å². The molecule has 30 heavy (non-hydrogen) atoms. The topological polar surface area (TPSA) is 49.6 Å². The van der Waals surface area contributed by atoms with Crippen LogP contribution in [0.4, 0.5) is 0 Å². The molecule has 1 aliphatic carbocycles. The largest absolute Gasteiger partial charge is 0.360 e. The second-order valence-electron chi connectivity index (χ2n) is 9.43. The number of hydrogen-bond donors (Lipinski definition) is 0. The summed E-state index contributed by atoms with van der Waals surface area (Å²) in [6.45, 7) is 3.23. The Labute approximate surface area is 179 Å². The van der Waals surface area contributed by atoms with Gasteiger partial charge in [0.15, 0.2) is 5.76 Å². The number of aromatic nitrogens is 1. The van der Waals surface area contributed by atoms with Gasteiger partial charge in [0, 0.05) is 25.1 Å². The summed E-state index contributed by atoms with van der Waals surface area (Å²) in [7, 11) is 0. The first-order valence-corrected chi connectivity index (χ1v) is 11.8. The van der Waals surface area contributed by atoms with E-state index in [1.54, 1.807) is 0 Å². The molecule has 2 aliphatic heterocycles. The van der Waals surface area contributed by atoms with Gasteiger partial charge >= 0.3 is 0 Å². The van der Waals surface area contributed by atoms with Crippen LogP contribution in [-0.2, 0) is 17.9 Å². The molecule has 1 aromatic heterocycles. The Morgan fingerprint density at radius 3 is 2.53 bits per heavy atom. The van der Waals surface area contributed by atoms with Gasteiger partial charge in [0.25, 0.3) is 0 Å². The fourth-order valence-corrected chi connectivity index (χ4v) is 5.89. The van der Waals surface area contributed by atoms with E-state index in [1.807, 2.05) is 6.07 Å². The summed E-state index contributed by atoms with van der Waals surface area (Å²) in [6, 6.07) is 12.5. The van der Waals surface area contributed by atoms with Crippen LogP contribution >= 0.6 is 0 Å². The average molecular weight is 408 g/mol. The lowest BCUT2D eigenvalue weighted by molar-refractivity contribution is -0.148. The normalized spacial score (nSPS) is 26.0. The van der Waals surface area contributed by atoms with Crippen LogP contribution in [0.1, 0.15) is 80.7 Å². The van der Waals surface area contributed by atoms with Gasteiger partial charge in [0.05, 0.1) is 12.2 Å². The quantitative estimate of drug-likeness (QED) is 0.709. The van der Waals surface area contributed by atoms with E-state index in [-0.39, 0.29) is 5.54 Å². The third-order valence-electron chi connectivity index (χ3n) is 7.49. The van der Waals surface area contributed by atoms with E-state index >= 15 is 0 Å². The lowest BCUT2D eigenvalue weighted by atomic mass is 9.85. The van der Waals surface area contributed by atoms with E-state index in [0.717, 1.165) is 50.2 Å². The van der Waals surface area contributed by atoms with Gasteiger partial charge in [-0.3, -0.25) is 9.69 Å². The lowest BCUT2D eigenvalue weighted by Crippen LogP contribution is -2.59. The Hall–Kier alpha value is -2.14. The molecule has 5 heteroatoms. The molecule has 3 fully saturated rings. The maximum Gasteiger partial charge on any atom is 0.243 e. The molecule has 5 rings (SSSR count). The van der Waals surface area contributed by atoms with Crippen LogP contribution in [0.3, 0.4) is 0 Å². The third kappa shape index (κ3) is 3.80. The summed E-state index contributed by atoms with van der Waals surface area (Å²) in [5, 5.41) is 4.41. The highest BCUT2D eigenvalue weighted by Crippen LogP contribution is 2.40. The SMILES string of the molecule is O=C1N(Cc2ccccc2)CCCC12CCCN2Cc1cc(C2CCCCC2)no1. The van der Waals surface area contributed by atoms with E-state index in [2.05, 4.69) is 45.3 Å². The zero-order valence-electron chi connectivity index (χ0n) is 17.9. The summed E-state index contributed by atoms with van der Waals surface area (Å²) in [5.74, 6) is 1.79. The first kappa shape index (κ1) is 19.8. The van der Waals surface area contributed by atoms with Crippen molar-refractivity contribution in [3.8, 4) is 0 Å². The molecule has 0 bridgehead atoms. The Balaban J connectivity index is 1.30. The number of nitrogens with zero attached hydrogens (tertiary/aromatic N) is 3. The Morgan fingerprint density at radius 1 is 0.967 bits per heavy atom. The van der Waals surface area contributed by atoms with Crippen molar-refractivity contribution in [1.29, 1.82) is 0 Å². The van der Waals surface area contributed by atoms with Crippen molar-refractivity contribution in [2.24, 2.45) is 0 Å². The fourth-order valence-electron chi connectivity index (χ4n) is 5.89. The van der Waals surface area contributed by atoms with E-state index in [4.69, 9.17) is 4.52 Å². The van der Waals surface area contributed by atoms with Gasteiger partial charge in [0.1, 0.15) is 5.54 Å². The molecule has 1 aromatic carbocycles. The summed E-state index contributed by atoms with van der Waals surface area (Å²) >= 11 is 0. The Morgan fingerprint density at radius 2 is 1.73 bits per heavy atom. The van der Waals surface area contributed by atoms with Crippen molar-refractivity contribution in [3.05, 3.63) is 53.4 Å². The standard InChI is InChI=1S/C25H33N3O2/c29-24-25(13-7-15-27(24)18-20-9-3-1-4-10-20)14-8-16-28(25)19-22-17-23(26-30-22)21-11-5-2-6-12-21/h1,3-4,9-10,17,21H,2,5-8,11-16,18-19H2. The lowest BCUT2D eigenvalue weighted by Gasteiger charge is -2.44. The third-order valence-corrected chi connectivity index (χ3v) is 7.49. The Kier molecular flexibility index (Phi) is 5.64. The highest BCUT2D eigenvalue weighted by Gasteiger charge is 2.50. The van der Waals surface area contributed by atoms with Gasteiger partial charge < -0.3 is 9.42 Å². The number of benzene rings is 1. The molecule has 0 radical (unpaired) electrons. The molecule has 1 unspecified atom stereocenters. The van der Waals surface area contributed by atoms with Gasteiger partial charge in [-0.15, -0.1) is 0 Å². The van der Waals surface area contributed by atoms with Crippen LogP contribution in [0.15, 0.2) is 40.9 Å². The molecular formula is C25H33N3O2. The summed E-state index contributed by atoms with van der Waals surface area (Å²) < 4.78 is 5.75. The molecule has 3 aliphatic rings. The van der Waals surface area contributed by atoms with E-state index < -0.39 is 0 Å². The van der Waals surface area contributed by atoms with E-state index in [9.17, 15) is 4.79 Å². The number of piperidine rings is 1. The zero-order chi connectivity index (χ0) is 20.4. The number of amides is 1. The molecule has 1 amide bonds. The first-order chi connectivity index (χ1) is 14.7. The predicted octanol–water partition coefficient (Wildman–Crippen LogP) is 4.88. The maximum absolute atomic E-state index is 13.6. The van der Waals surface area contributed by atoms with Gasteiger partial charge in [-0.2, -0.15) is 0 Å². The van der Waals surface area contributed by atoms with Crippen LogP contribution in [0.5, 0.6) is 0 Å². The monoisotopic (exact) mass is 407 g/mol. The second kappa shape index (κ2) is 8.54. The average Bonchev–Trinajstić information content (AvgIpc) is 3.41. The number of rotatable bonds is 5. The number of carbonyl (C=O) groups is 1. The van der Waals surface area contributed by atoms with Crippen LogP contribution in [0, 0.1) is 0 Å². The summed E-state index contributed by atoms with van der Waals surface area (Å²) in [6.07, 6.45) is 10.5. The van der Waals surface area contributed by atoms with E-state index in [0.29, 0.717) is 24.9 Å². The van der Waals surface area contributed by atoms with Crippen molar-refractivity contribution < 1.29 is 9.32 Å². The molecule has 0 N–H and O–H groups in total. The van der Waals surface area contributed by atoms with Crippen molar-refractivity contribution >= 4 is 5.91 Å². The van der Waals surface area contributed by atoms with Crippen LogP contribution in [-0.4, -0.2) is 39.5 Å². The minimum absolute atomic E-state index is 0.308. The van der Waals surface area contributed by atoms with Gasteiger partial charge in [-0.1, -0.05) is 54.8 Å². The highest BCUT2D eigenvalue weighted by atomic mass is 16.5. The first-order valence-electron chi connectivity index (χ1n) is 11.8. The Bertz CT molecular complexity index is 858. The summed E-state index contributed by atoms with van der Waals surface area (Å²) in [4.78, 5) is 18.1. The molecule has 1 saturated carbocycles. The van der Waals surface area contributed by atoms with Crippen molar-refractivity contribution in [2.75, 3.05) is 13.1 Å². The van der Waals surface area contributed by atoms with Gasteiger partial charge in [-0.25, -0.2) is 0 Å². The minimum atomic E-state index is -0.356. The molecular weight excluding hydrogens is 374 g/mol. The van der Waals surface area contributed by atoms with Crippen molar-refractivity contribution in [1.82, 2.24) is 15.0 Å². The molecule has 1 atom stereocenters. The van der Waals surface area contributed by atoms with Crippen LogP contribution in [0.25, 0.3) is 0 Å². The van der Waals surface area contributed by atoms with Gasteiger partial charge in [0.2, 0.25) is 5.91 Å². The predicted molar refractivity (Wildman–Crippen MR) is 116 cm³/mol. The molecule has 160 valence electrons. The van der Waals surface area contributed by atoms with Crippen LogP contribution < -0.4 is 0 Å².